The highest BCUT2D eigenvalue weighted by molar-refractivity contribution is 14.1. The average molecular weight is 392 g/mol. The average Bonchev–Trinajstić information content (AvgIpc) is 2.74. The van der Waals surface area contributed by atoms with Crippen LogP contribution in [0.1, 0.15) is 5.56 Å². The predicted molar refractivity (Wildman–Crippen MR) is 88.9 cm³/mol. The highest BCUT2D eigenvalue weighted by atomic mass is 127. The van der Waals surface area contributed by atoms with Gasteiger partial charge in [-0.2, -0.15) is 0 Å². The van der Waals surface area contributed by atoms with Crippen LogP contribution in [0.3, 0.4) is 0 Å². The number of amides is 3. The summed E-state index contributed by atoms with van der Waals surface area (Å²) >= 11 is 2.17. The first-order valence-corrected chi connectivity index (χ1v) is 7.64. The number of imide groups is 1. The number of urea groups is 1. The van der Waals surface area contributed by atoms with Crippen LogP contribution >= 0.6 is 22.6 Å². The Hall–Kier alpha value is -1.89. The molecule has 0 atom stereocenters. The smallest absolute Gasteiger partial charge is 0.310 e. The number of benzene rings is 2. The summed E-state index contributed by atoms with van der Waals surface area (Å²) in [5.41, 5.74) is 1.65. The van der Waals surface area contributed by atoms with Crippen molar-refractivity contribution in [2.45, 2.75) is 6.54 Å². The third-order valence-corrected chi connectivity index (χ3v) is 3.99. The minimum Gasteiger partial charge on any atom is -0.310 e. The lowest BCUT2D eigenvalue weighted by Gasteiger charge is -2.17. The van der Waals surface area contributed by atoms with Crippen LogP contribution in [0.2, 0.25) is 0 Å². The second-order valence-electron chi connectivity index (χ2n) is 4.83. The number of carbonyl (C=O) groups is 2. The standard InChI is InChI=1S/C16H13IN2O2/c17-13-7-4-8-14(9-13)19-15(20)11-18(16(19)21)10-12-5-2-1-3-6-12/h1-9H,10-11H2. The molecule has 4 nitrogen and oxygen atoms in total. The third-order valence-electron chi connectivity index (χ3n) is 3.32. The molecule has 1 aliphatic rings. The number of hydrogen-bond donors (Lipinski definition) is 0. The summed E-state index contributed by atoms with van der Waals surface area (Å²) in [6.45, 7) is 0.574. The summed E-state index contributed by atoms with van der Waals surface area (Å²) in [7, 11) is 0. The lowest BCUT2D eigenvalue weighted by molar-refractivity contribution is -0.116. The van der Waals surface area contributed by atoms with E-state index in [2.05, 4.69) is 22.6 Å². The van der Waals surface area contributed by atoms with Crippen molar-refractivity contribution >= 4 is 40.2 Å². The molecule has 1 heterocycles. The molecule has 21 heavy (non-hydrogen) atoms. The Balaban J connectivity index is 1.82. The second-order valence-corrected chi connectivity index (χ2v) is 6.08. The Bertz CT molecular complexity index is 688. The highest BCUT2D eigenvalue weighted by Gasteiger charge is 2.36. The molecule has 0 bridgehead atoms. The Morgan fingerprint density at radius 2 is 1.76 bits per heavy atom. The van der Waals surface area contributed by atoms with Gasteiger partial charge in [-0.25, -0.2) is 9.69 Å². The van der Waals surface area contributed by atoms with Gasteiger partial charge < -0.3 is 4.90 Å². The Morgan fingerprint density at radius 1 is 1.00 bits per heavy atom. The van der Waals surface area contributed by atoms with Crippen LogP contribution in [-0.2, 0) is 11.3 Å². The fraction of sp³-hybridized carbons (Fsp3) is 0.125. The molecule has 0 unspecified atom stereocenters. The minimum atomic E-state index is -0.258. The molecule has 3 amide bonds. The molecule has 0 N–H and O–H groups in total. The van der Waals surface area contributed by atoms with E-state index in [1.807, 2.05) is 48.5 Å². The van der Waals surface area contributed by atoms with Gasteiger partial charge in [-0.05, 0) is 46.4 Å². The maximum Gasteiger partial charge on any atom is 0.332 e. The Kier molecular flexibility index (Phi) is 3.92. The number of hydrogen-bond acceptors (Lipinski definition) is 2. The van der Waals surface area contributed by atoms with Crippen LogP contribution in [0.15, 0.2) is 54.6 Å². The summed E-state index contributed by atoms with van der Waals surface area (Å²) in [6, 6.07) is 16.8. The van der Waals surface area contributed by atoms with E-state index in [1.54, 1.807) is 11.0 Å². The summed E-state index contributed by atoms with van der Waals surface area (Å²) in [6.07, 6.45) is 0. The van der Waals surface area contributed by atoms with Gasteiger partial charge in [0.15, 0.2) is 0 Å². The molecule has 1 saturated heterocycles. The zero-order valence-electron chi connectivity index (χ0n) is 11.2. The number of rotatable bonds is 3. The van der Waals surface area contributed by atoms with E-state index in [0.29, 0.717) is 12.2 Å². The summed E-state index contributed by atoms with van der Waals surface area (Å²) in [4.78, 5) is 27.4. The largest absolute Gasteiger partial charge is 0.332 e. The molecular formula is C16H13IN2O2. The number of carbonyl (C=O) groups excluding carboxylic acids is 2. The van der Waals surface area contributed by atoms with E-state index in [-0.39, 0.29) is 18.5 Å². The summed E-state index contributed by atoms with van der Waals surface area (Å²) < 4.78 is 0.993. The SMILES string of the molecule is O=C1CN(Cc2ccccc2)C(=O)N1c1cccc(I)c1. The van der Waals surface area contributed by atoms with E-state index in [9.17, 15) is 9.59 Å². The third kappa shape index (κ3) is 2.92. The van der Waals surface area contributed by atoms with Gasteiger partial charge in [-0.1, -0.05) is 36.4 Å². The first-order chi connectivity index (χ1) is 10.1. The molecule has 0 aromatic heterocycles. The van der Waals surface area contributed by atoms with Crippen molar-refractivity contribution in [2.24, 2.45) is 0 Å². The molecule has 106 valence electrons. The normalized spacial score (nSPS) is 14.9. The quantitative estimate of drug-likeness (QED) is 0.595. The van der Waals surface area contributed by atoms with Gasteiger partial charge in [0.05, 0.1) is 5.69 Å². The molecule has 0 aliphatic carbocycles. The van der Waals surface area contributed by atoms with E-state index < -0.39 is 0 Å². The lowest BCUT2D eigenvalue weighted by atomic mass is 10.2. The van der Waals surface area contributed by atoms with Crippen molar-refractivity contribution in [2.75, 3.05) is 11.4 Å². The zero-order valence-corrected chi connectivity index (χ0v) is 13.4. The Labute approximate surface area is 136 Å². The molecular weight excluding hydrogens is 379 g/mol. The van der Waals surface area contributed by atoms with Crippen LogP contribution in [-0.4, -0.2) is 23.4 Å². The van der Waals surface area contributed by atoms with E-state index >= 15 is 0 Å². The number of nitrogens with zero attached hydrogens (tertiary/aromatic N) is 2. The Morgan fingerprint density at radius 3 is 2.48 bits per heavy atom. The van der Waals surface area contributed by atoms with E-state index in [1.165, 1.54) is 4.90 Å². The second kappa shape index (κ2) is 5.85. The van der Waals surface area contributed by atoms with Crippen molar-refractivity contribution in [1.82, 2.24) is 4.90 Å². The van der Waals surface area contributed by atoms with Crippen LogP contribution in [0.25, 0.3) is 0 Å². The first-order valence-electron chi connectivity index (χ1n) is 6.56. The topological polar surface area (TPSA) is 40.6 Å². The van der Waals surface area contributed by atoms with Crippen molar-refractivity contribution in [1.29, 1.82) is 0 Å². The van der Waals surface area contributed by atoms with Crippen molar-refractivity contribution in [3.05, 3.63) is 63.7 Å². The monoisotopic (exact) mass is 392 g/mol. The van der Waals surface area contributed by atoms with Gasteiger partial charge in [0.25, 0.3) is 5.91 Å². The maximum absolute atomic E-state index is 12.5. The van der Waals surface area contributed by atoms with Gasteiger partial charge in [-0.3, -0.25) is 4.79 Å². The highest BCUT2D eigenvalue weighted by Crippen LogP contribution is 2.24. The number of halogens is 1. The molecule has 3 rings (SSSR count). The summed E-state index contributed by atoms with van der Waals surface area (Å²) in [5.74, 6) is -0.182. The lowest BCUT2D eigenvalue weighted by Crippen LogP contribution is -2.32. The van der Waals surface area contributed by atoms with Gasteiger partial charge in [0.2, 0.25) is 0 Å². The first kappa shape index (κ1) is 14.1. The molecule has 0 spiro atoms. The minimum absolute atomic E-state index is 0.124. The van der Waals surface area contributed by atoms with Gasteiger partial charge in [0.1, 0.15) is 6.54 Å². The van der Waals surface area contributed by atoms with E-state index in [0.717, 1.165) is 9.13 Å². The fourth-order valence-corrected chi connectivity index (χ4v) is 2.87. The van der Waals surface area contributed by atoms with Crippen LogP contribution in [0.4, 0.5) is 10.5 Å². The maximum atomic E-state index is 12.5. The zero-order chi connectivity index (χ0) is 14.8. The molecule has 2 aromatic rings. The van der Waals surface area contributed by atoms with Crippen molar-refractivity contribution < 1.29 is 9.59 Å². The predicted octanol–water partition coefficient (Wildman–Crippen LogP) is 3.26. The molecule has 0 saturated carbocycles. The fourth-order valence-electron chi connectivity index (χ4n) is 2.35. The van der Waals surface area contributed by atoms with Crippen molar-refractivity contribution in [3.8, 4) is 0 Å². The molecule has 2 aromatic carbocycles. The van der Waals surface area contributed by atoms with Gasteiger partial charge in [-0.15, -0.1) is 0 Å². The molecule has 0 radical (unpaired) electrons. The van der Waals surface area contributed by atoms with E-state index in [4.69, 9.17) is 0 Å². The van der Waals surface area contributed by atoms with Gasteiger partial charge >= 0.3 is 6.03 Å². The van der Waals surface area contributed by atoms with Crippen LogP contribution in [0.5, 0.6) is 0 Å². The van der Waals surface area contributed by atoms with Crippen molar-refractivity contribution in [3.63, 3.8) is 0 Å². The summed E-state index contributed by atoms with van der Waals surface area (Å²) in [5, 5.41) is 0. The molecule has 5 heteroatoms. The van der Waals surface area contributed by atoms with Gasteiger partial charge in [0, 0.05) is 10.1 Å². The van der Waals surface area contributed by atoms with Crippen LogP contribution in [0, 0.1) is 3.57 Å². The molecule has 1 aliphatic heterocycles. The molecule has 1 fully saturated rings. The number of anilines is 1. The van der Waals surface area contributed by atoms with Crippen LogP contribution < -0.4 is 4.90 Å².